The molecule has 0 saturated heterocycles. The summed E-state index contributed by atoms with van der Waals surface area (Å²) in [5.74, 6) is 0.798. The number of oxazole rings is 1. The van der Waals surface area contributed by atoms with Crippen molar-refractivity contribution in [3.8, 4) is 11.3 Å². The molecule has 3 aromatic heterocycles. The van der Waals surface area contributed by atoms with Crippen molar-refractivity contribution in [1.82, 2.24) is 18.5 Å². The summed E-state index contributed by atoms with van der Waals surface area (Å²) in [6.45, 7) is 4.13. The van der Waals surface area contributed by atoms with E-state index in [1.165, 1.54) is 9.13 Å². The molecule has 0 N–H and O–H groups in total. The third-order valence-electron chi connectivity index (χ3n) is 5.55. The Kier molecular flexibility index (Phi) is 4.37. The Morgan fingerprint density at radius 2 is 1.81 bits per heavy atom. The van der Waals surface area contributed by atoms with Gasteiger partial charge in [0.05, 0.1) is 12.7 Å². The van der Waals surface area contributed by atoms with Crippen LogP contribution in [0.1, 0.15) is 16.7 Å². The number of benzene rings is 2. The number of hydrogen-bond acceptors (Lipinski definition) is 4. The molecule has 3 heterocycles. The van der Waals surface area contributed by atoms with Crippen LogP contribution in [0.15, 0.2) is 62.7 Å². The van der Waals surface area contributed by atoms with Gasteiger partial charge in [0.2, 0.25) is 0 Å². The van der Waals surface area contributed by atoms with Crippen molar-refractivity contribution in [2.45, 2.75) is 20.4 Å². The molecule has 5 aromatic rings. The van der Waals surface area contributed by atoms with Crippen molar-refractivity contribution in [2.75, 3.05) is 0 Å². The largest absolute Gasteiger partial charge is 0.423 e. The van der Waals surface area contributed by atoms with E-state index in [1.807, 2.05) is 44.2 Å². The molecule has 2 aromatic carbocycles. The minimum atomic E-state index is -0.419. The minimum Gasteiger partial charge on any atom is -0.423 e. The van der Waals surface area contributed by atoms with Gasteiger partial charge in [-0.1, -0.05) is 35.4 Å². The second-order valence-electron chi connectivity index (χ2n) is 7.70. The number of halogens is 1. The lowest BCUT2D eigenvalue weighted by Gasteiger charge is -2.11. The fourth-order valence-corrected chi connectivity index (χ4v) is 3.91. The first-order valence-electron chi connectivity index (χ1n) is 9.77. The van der Waals surface area contributed by atoms with Crippen LogP contribution in [0.5, 0.6) is 0 Å². The third-order valence-corrected chi connectivity index (χ3v) is 5.81. The fraction of sp³-hybridized carbons (Fsp3) is 0.174. The molecule has 0 aliphatic heterocycles. The van der Waals surface area contributed by atoms with E-state index in [2.05, 4.69) is 4.98 Å². The predicted octanol–water partition coefficient (Wildman–Crippen LogP) is 3.93. The highest BCUT2D eigenvalue weighted by Gasteiger charge is 2.20. The average molecular weight is 435 g/mol. The van der Waals surface area contributed by atoms with Gasteiger partial charge in [-0.05, 0) is 49.2 Å². The van der Waals surface area contributed by atoms with Crippen LogP contribution < -0.4 is 11.2 Å². The van der Waals surface area contributed by atoms with E-state index < -0.39 is 11.2 Å². The summed E-state index contributed by atoms with van der Waals surface area (Å²) in [4.78, 5) is 30.8. The van der Waals surface area contributed by atoms with Gasteiger partial charge in [0.25, 0.3) is 5.56 Å². The van der Waals surface area contributed by atoms with Gasteiger partial charge in [-0.15, -0.1) is 0 Å². The molecule has 0 bridgehead atoms. The van der Waals surface area contributed by atoms with Crippen molar-refractivity contribution in [2.24, 2.45) is 7.05 Å². The SMILES string of the molecule is Cc1ccc(C)c(Cn2c(=O)c3c(nc4oc(-c5ccc(Cl)cc5)cn43)n(C)c2=O)c1. The molecule has 0 amide bonds. The van der Waals surface area contributed by atoms with Gasteiger partial charge >= 0.3 is 11.5 Å². The van der Waals surface area contributed by atoms with Gasteiger partial charge in [0.1, 0.15) is 0 Å². The van der Waals surface area contributed by atoms with E-state index in [4.69, 9.17) is 16.0 Å². The van der Waals surface area contributed by atoms with Gasteiger partial charge in [0.15, 0.2) is 16.9 Å². The Morgan fingerprint density at radius 1 is 1.06 bits per heavy atom. The first-order valence-corrected chi connectivity index (χ1v) is 10.1. The van der Waals surface area contributed by atoms with Crippen LogP contribution in [0, 0.1) is 13.8 Å². The topological polar surface area (TPSA) is 74.4 Å². The summed E-state index contributed by atoms with van der Waals surface area (Å²) in [5.41, 5.74) is 3.58. The van der Waals surface area contributed by atoms with Crippen LogP contribution in [0.3, 0.4) is 0 Å². The Bertz CT molecular complexity index is 1590. The number of hydrogen-bond donors (Lipinski definition) is 0. The second kappa shape index (κ2) is 6.99. The van der Waals surface area contributed by atoms with E-state index in [-0.39, 0.29) is 18.0 Å². The zero-order valence-corrected chi connectivity index (χ0v) is 18.0. The molecule has 8 heteroatoms. The van der Waals surface area contributed by atoms with Crippen molar-refractivity contribution in [3.63, 3.8) is 0 Å². The molecule has 156 valence electrons. The van der Waals surface area contributed by atoms with E-state index in [0.29, 0.717) is 16.3 Å². The predicted molar refractivity (Wildman–Crippen MR) is 120 cm³/mol. The first kappa shape index (κ1) is 19.4. The number of rotatable bonds is 3. The number of fused-ring (bicyclic) bond motifs is 3. The van der Waals surface area contributed by atoms with Crippen LogP contribution in [-0.2, 0) is 13.6 Å². The van der Waals surface area contributed by atoms with E-state index in [0.717, 1.165) is 22.3 Å². The molecule has 0 radical (unpaired) electrons. The van der Waals surface area contributed by atoms with Crippen molar-refractivity contribution >= 4 is 28.6 Å². The molecule has 0 spiro atoms. The first-order chi connectivity index (χ1) is 14.8. The standard InChI is InChI=1S/C23H19ClN4O3/c1-13-4-5-14(2)16(10-13)11-28-21(29)19-20(26(3)23(28)30)25-22-27(19)12-18(31-22)15-6-8-17(24)9-7-15/h4-10,12H,11H2,1-3H3. The van der Waals surface area contributed by atoms with E-state index in [1.54, 1.807) is 29.8 Å². The van der Waals surface area contributed by atoms with E-state index >= 15 is 0 Å². The number of imidazole rings is 1. The van der Waals surface area contributed by atoms with Gasteiger partial charge < -0.3 is 4.42 Å². The van der Waals surface area contributed by atoms with Crippen LogP contribution in [0.4, 0.5) is 0 Å². The number of aryl methyl sites for hydroxylation is 3. The molecule has 0 fully saturated rings. The van der Waals surface area contributed by atoms with Gasteiger partial charge in [-0.2, -0.15) is 4.98 Å². The molecule has 0 atom stereocenters. The summed E-state index contributed by atoms with van der Waals surface area (Å²) in [6.07, 6.45) is 1.71. The maximum atomic E-state index is 13.4. The normalized spacial score (nSPS) is 11.6. The maximum Gasteiger partial charge on any atom is 0.332 e. The van der Waals surface area contributed by atoms with Crippen LogP contribution in [0.2, 0.25) is 5.02 Å². The number of nitrogens with zero attached hydrogens (tertiary/aromatic N) is 4. The molecule has 5 rings (SSSR count). The lowest BCUT2D eigenvalue weighted by Crippen LogP contribution is -2.39. The average Bonchev–Trinajstić information content (AvgIpc) is 3.31. The Morgan fingerprint density at radius 3 is 2.55 bits per heavy atom. The smallest absolute Gasteiger partial charge is 0.332 e. The Balaban J connectivity index is 1.73. The Labute approximate surface area is 181 Å². The van der Waals surface area contributed by atoms with Crippen LogP contribution in [0.25, 0.3) is 28.3 Å². The summed E-state index contributed by atoms with van der Waals surface area (Å²) < 4.78 is 10.1. The van der Waals surface area contributed by atoms with E-state index in [9.17, 15) is 9.59 Å². The van der Waals surface area contributed by atoms with Crippen LogP contribution >= 0.6 is 11.6 Å². The lowest BCUT2D eigenvalue weighted by atomic mass is 10.1. The molecular formula is C23H19ClN4O3. The van der Waals surface area contributed by atoms with Crippen molar-refractivity contribution in [1.29, 1.82) is 0 Å². The van der Waals surface area contributed by atoms with Crippen molar-refractivity contribution < 1.29 is 4.42 Å². The molecular weight excluding hydrogens is 416 g/mol. The zero-order chi connectivity index (χ0) is 21.9. The zero-order valence-electron chi connectivity index (χ0n) is 17.2. The second-order valence-corrected chi connectivity index (χ2v) is 8.14. The summed E-state index contributed by atoms with van der Waals surface area (Å²) in [5, 5.41) is 0.620. The quantitative estimate of drug-likeness (QED) is 0.431. The highest BCUT2D eigenvalue weighted by atomic mass is 35.5. The van der Waals surface area contributed by atoms with Gasteiger partial charge in [-0.25, -0.2) is 4.79 Å². The minimum absolute atomic E-state index is 0.185. The van der Waals surface area contributed by atoms with Crippen molar-refractivity contribution in [3.05, 3.63) is 91.2 Å². The molecule has 0 aliphatic carbocycles. The third kappa shape index (κ3) is 3.09. The maximum absolute atomic E-state index is 13.4. The van der Waals surface area contributed by atoms with Crippen LogP contribution in [-0.4, -0.2) is 18.5 Å². The fourth-order valence-electron chi connectivity index (χ4n) is 3.78. The molecule has 0 aliphatic rings. The molecule has 0 saturated carbocycles. The summed E-state index contributed by atoms with van der Waals surface area (Å²) >= 11 is 5.97. The highest BCUT2D eigenvalue weighted by molar-refractivity contribution is 6.30. The molecule has 31 heavy (non-hydrogen) atoms. The van der Waals surface area contributed by atoms with Gasteiger partial charge in [0, 0.05) is 17.6 Å². The highest BCUT2D eigenvalue weighted by Crippen LogP contribution is 2.25. The summed E-state index contributed by atoms with van der Waals surface area (Å²) in [7, 11) is 1.61. The molecule has 0 unspecified atom stereocenters. The Hall–Kier alpha value is -3.58. The monoisotopic (exact) mass is 434 g/mol. The lowest BCUT2D eigenvalue weighted by molar-refractivity contribution is 0.610. The number of aromatic nitrogens is 4. The van der Waals surface area contributed by atoms with Gasteiger partial charge in [-0.3, -0.25) is 18.3 Å². The summed E-state index contributed by atoms with van der Waals surface area (Å²) in [6, 6.07) is 13.2. The molecule has 7 nitrogen and oxygen atoms in total.